The van der Waals surface area contributed by atoms with Gasteiger partial charge in [-0.3, -0.25) is 5.10 Å². The van der Waals surface area contributed by atoms with Crippen molar-refractivity contribution in [2.45, 2.75) is 32.9 Å². The third-order valence-corrected chi connectivity index (χ3v) is 3.30. The standard InChI is InChI=1S/C12H15FN6/c1-6-14-5-8(13)11(16-6)17-10-7-4-15-12(2,3)9(7)18-19-10/h5,15H,4H2,1-3H3,(H2,14,16,17,18,19). The minimum Gasteiger partial charge on any atom is -0.321 e. The number of aromatic amines is 1. The first-order chi connectivity index (χ1) is 8.97. The van der Waals surface area contributed by atoms with E-state index in [9.17, 15) is 4.39 Å². The fraction of sp³-hybridized carbons (Fsp3) is 0.417. The SMILES string of the molecule is Cc1ncc(F)c(Nc2n[nH]c3c2CNC3(C)C)n1. The molecule has 6 nitrogen and oxygen atoms in total. The van der Waals surface area contributed by atoms with Crippen molar-refractivity contribution >= 4 is 11.6 Å². The van der Waals surface area contributed by atoms with Gasteiger partial charge in [0.1, 0.15) is 5.82 Å². The fourth-order valence-electron chi connectivity index (χ4n) is 2.21. The van der Waals surface area contributed by atoms with Crippen molar-refractivity contribution < 1.29 is 4.39 Å². The third-order valence-electron chi connectivity index (χ3n) is 3.30. The van der Waals surface area contributed by atoms with Gasteiger partial charge in [0, 0.05) is 12.1 Å². The second kappa shape index (κ2) is 3.99. The van der Waals surface area contributed by atoms with E-state index in [0.29, 0.717) is 18.2 Å². The Morgan fingerprint density at radius 1 is 1.37 bits per heavy atom. The summed E-state index contributed by atoms with van der Waals surface area (Å²) in [4.78, 5) is 7.84. The summed E-state index contributed by atoms with van der Waals surface area (Å²) in [5.41, 5.74) is 1.88. The largest absolute Gasteiger partial charge is 0.321 e. The smallest absolute Gasteiger partial charge is 0.184 e. The normalized spacial score (nSPS) is 16.4. The molecule has 0 bridgehead atoms. The quantitative estimate of drug-likeness (QED) is 0.768. The molecule has 100 valence electrons. The van der Waals surface area contributed by atoms with E-state index in [4.69, 9.17) is 0 Å². The molecule has 2 aromatic rings. The number of hydrogen-bond acceptors (Lipinski definition) is 5. The molecule has 0 fully saturated rings. The number of hydrogen-bond donors (Lipinski definition) is 3. The van der Waals surface area contributed by atoms with E-state index in [2.05, 4.69) is 44.6 Å². The number of nitrogens with one attached hydrogen (secondary N) is 3. The summed E-state index contributed by atoms with van der Waals surface area (Å²) >= 11 is 0. The molecule has 7 heteroatoms. The zero-order valence-corrected chi connectivity index (χ0v) is 11.0. The minimum atomic E-state index is -0.493. The number of halogens is 1. The molecule has 0 amide bonds. The molecule has 3 N–H and O–H groups in total. The van der Waals surface area contributed by atoms with Gasteiger partial charge in [-0.2, -0.15) is 5.10 Å². The van der Waals surface area contributed by atoms with Gasteiger partial charge in [0.05, 0.1) is 17.4 Å². The van der Waals surface area contributed by atoms with Crippen LogP contribution in [-0.4, -0.2) is 20.2 Å². The Balaban J connectivity index is 1.95. The summed E-state index contributed by atoms with van der Waals surface area (Å²) in [6.45, 7) is 6.53. The lowest BCUT2D eigenvalue weighted by Crippen LogP contribution is -2.29. The molecule has 3 rings (SSSR count). The number of fused-ring (bicyclic) bond motifs is 1. The van der Waals surface area contributed by atoms with Crippen molar-refractivity contribution in [1.82, 2.24) is 25.5 Å². The molecule has 2 aromatic heterocycles. The summed E-state index contributed by atoms with van der Waals surface area (Å²) in [7, 11) is 0. The number of rotatable bonds is 2. The molecule has 0 atom stereocenters. The van der Waals surface area contributed by atoms with Crippen LogP contribution in [-0.2, 0) is 12.1 Å². The van der Waals surface area contributed by atoms with Gasteiger partial charge in [-0.25, -0.2) is 14.4 Å². The van der Waals surface area contributed by atoms with Crippen LogP contribution in [0.4, 0.5) is 16.0 Å². The first-order valence-corrected chi connectivity index (χ1v) is 6.06. The Kier molecular flexibility index (Phi) is 2.53. The zero-order chi connectivity index (χ0) is 13.6. The number of nitrogens with zero attached hydrogens (tertiary/aromatic N) is 3. The second-order valence-corrected chi connectivity index (χ2v) is 5.14. The van der Waals surface area contributed by atoms with Crippen LogP contribution in [0.1, 0.15) is 30.9 Å². The van der Waals surface area contributed by atoms with Crippen molar-refractivity contribution in [2.75, 3.05) is 5.32 Å². The summed E-state index contributed by atoms with van der Waals surface area (Å²) in [5, 5.41) is 13.5. The summed E-state index contributed by atoms with van der Waals surface area (Å²) < 4.78 is 13.6. The highest BCUT2D eigenvalue weighted by Crippen LogP contribution is 2.33. The van der Waals surface area contributed by atoms with Crippen LogP contribution >= 0.6 is 0 Å². The maximum atomic E-state index is 13.6. The number of aromatic nitrogens is 4. The van der Waals surface area contributed by atoms with Crippen molar-refractivity contribution in [3.05, 3.63) is 29.1 Å². The topological polar surface area (TPSA) is 78.5 Å². The Morgan fingerprint density at radius 2 is 2.16 bits per heavy atom. The number of H-pyrrole nitrogens is 1. The Morgan fingerprint density at radius 3 is 2.95 bits per heavy atom. The first kappa shape index (κ1) is 12.0. The molecule has 0 saturated carbocycles. The fourth-order valence-corrected chi connectivity index (χ4v) is 2.21. The highest BCUT2D eigenvalue weighted by atomic mass is 19.1. The number of aryl methyl sites for hydroxylation is 1. The van der Waals surface area contributed by atoms with Gasteiger partial charge < -0.3 is 10.6 Å². The molecule has 3 heterocycles. The lowest BCUT2D eigenvalue weighted by atomic mass is 10.0. The lowest BCUT2D eigenvalue weighted by Gasteiger charge is -2.16. The van der Waals surface area contributed by atoms with Crippen LogP contribution in [0, 0.1) is 12.7 Å². The van der Waals surface area contributed by atoms with Gasteiger partial charge >= 0.3 is 0 Å². The van der Waals surface area contributed by atoms with E-state index in [-0.39, 0.29) is 11.4 Å². The van der Waals surface area contributed by atoms with Gasteiger partial charge in [0.2, 0.25) is 0 Å². The van der Waals surface area contributed by atoms with Crippen LogP contribution in [0.15, 0.2) is 6.20 Å². The maximum Gasteiger partial charge on any atom is 0.184 e. The van der Waals surface area contributed by atoms with Gasteiger partial charge in [-0.05, 0) is 20.8 Å². The maximum absolute atomic E-state index is 13.6. The van der Waals surface area contributed by atoms with E-state index >= 15 is 0 Å². The average Bonchev–Trinajstić information content (AvgIpc) is 2.87. The highest BCUT2D eigenvalue weighted by molar-refractivity contribution is 5.59. The van der Waals surface area contributed by atoms with Crippen molar-refractivity contribution in [3.8, 4) is 0 Å². The zero-order valence-electron chi connectivity index (χ0n) is 11.0. The summed E-state index contributed by atoms with van der Waals surface area (Å²) in [6, 6.07) is 0. The lowest BCUT2D eigenvalue weighted by molar-refractivity contribution is 0.429. The molecule has 19 heavy (non-hydrogen) atoms. The van der Waals surface area contributed by atoms with E-state index in [0.717, 1.165) is 17.5 Å². The van der Waals surface area contributed by atoms with Crippen molar-refractivity contribution in [1.29, 1.82) is 0 Å². The Bertz CT molecular complexity index is 633. The van der Waals surface area contributed by atoms with Crippen LogP contribution < -0.4 is 10.6 Å². The average molecular weight is 262 g/mol. The molecule has 0 saturated heterocycles. The monoisotopic (exact) mass is 262 g/mol. The first-order valence-electron chi connectivity index (χ1n) is 6.06. The Hall–Kier alpha value is -2.02. The molecular formula is C12H15FN6. The molecule has 0 aromatic carbocycles. The minimum absolute atomic E-state index is 0.145. The Labute approximate surface area is 109 Å². The van der Waals surface area contributed by atoms with Gasteiger partial charge in [-0.1, -0.05) is 0 Å². The predicted octanol–water partition coefficient (Wildman–Crippen LogP) is 1.73. The van der Waals surface area contributed by atoms with E-state index in [1.807, 2.05) is 0 Å². The molecule has 1 aliphatic rings. The van der Waals surface area contributed by atoms with Crippen LogP contribution in [0.25, 0.3) is 0 Å². The second-order valence-electron chi connectivity index (χ2n) is 5.14. The van der Waals surface area contributed by atoms with Crippen LogP contribution in [0.2, 0.25) is 0 Å². The van der Waals surface area contributed by atoms with Gasteiger partial charge in [0.25, 0.3) is 0 Å². The van der Waals surface area contributed by atoms with Gasteiger partial charge in [-0.15, -0.1) is 0 Å². The summed E-state index contributed by atoms with van der Waals surface area (Å²) in [5.74, 6) is 0.763. The third kappa shape index (κ3) is 1.95. The molecule has 1 aliphatic heterocycles. The van der Waals surface area contributed by atoms with Crippen molar-refractivity contribution in [3.63, 3.8) is 0 Å². The number of anilines is 2. The van der Waals surface area contributed by atoms with Crippen LogP contribution in [0.5, 0.6) is 0 Å². The molecule has 0 spiro atoms. The summed E-state index contributed by atoms with van der Waals surface area (Å²) in [6.07, 6.45) is 1.15. The van der Waals surface area contributed by atoms with Crippen LogP contribution in [0.3, 0.4) is 0 Å². The van der Waals surface area contributed by atoms with E-state index in [1.54, 1.807) is 6.92 Å². The van der Waals surface area contributed by atoms with Crippen molar-refractivity contribution in [2.24, 2.45) is 0 Å². The molecular weight excluding hydrogens is 247 g/mol. The van der Waals surface area contributed by atoms with E-state index in [1.165, 1.54) is 0 Å². The molecule has 0 unspecified atom stereocenters. The molecule has 0 aliphatic carbocycles. The highest BCUT2D eigenvalue weighted by Gasteiger charge is 2.33. The van der Waals surface area contributed by atoms with E-state index < -0.39 is 5.82 Å². The van der Waals surface area contributed by atoms with Gasteiger partial charge in [0.15, 0.2) is 17.5 Å². The predicted molar refractivity (Wildman–Crippen MR) is 68.5 cm³/mol. The molecule has 0 radical (unpaired) electrons.